The van der Waals surface area contributed by atoms with E-state index in [0.717, 1.165) is 12.3 Å². The third kappa shape index (κ3) is 2.39. The van der Waals surface area contributed by atoms with Gasteiger partial charge in [0.2, 0.25) is 0 Å². The van der Waals surface area contributed by atoms with Crippen LogP contribution in [0.15, 0.2) is 0 Å². The van der Waals surface area contributed by atoms with Crippen molar-refractivity contribution >= 4 is 21.6 Å². The highest BCUT2D eigenvalue weighted by molar-refractivity contribution is 8.00. The Morgan fingerprint density at radius 2 is 2.00 bits per heavy atom. The normalized spacial score (nSPS) is 44.7. The first-order valence-electron chi connectivity index (χ1n) is 5.66. The van der Waals surface area contributed by atoms with Crippen LogP contribution in [-0.4, -0.2) is 65.7 Å². The molecular formula is C10H19NO3S2. The van der Waals surface area contributed by atoms with Gasteiger partial charge in [-0.2, -0.15) is 11.8 Å². The lowest BCUT2D eigenvalue weighted by atomic mass is 10.1. The maximum atomic E-state index is 11.5. The SMILES string of the molecule is CC1SCCN(C2CS(=O)(=O)CC2O)C1C. The molecule has 0 amide bonds. The van der Waals surface area contributed by atoms with E-state index in [9.17, 15) is 13.5 Å². The molecule has 4 unspecified atom stereocenters. The van der Waals surface area contributed by atoms with Gasteiger partial charge in [0.15, 0.2) is 9.84 Å². The van der Waals surface area contributed by atoms with E-state index in [0.29, 0.717) is 11.3 Å². The molecule has 0 aromatic rings. The van der Waals surface area contributed by atoms with Crippen LogP contribution in [-0.2, 0) is 9.84 Å². The average molecular weight is 265 g/mol. The van der Waals surface area contributed by atoms with E-state index in [1.54, 1.807) is 0 Å². The van der Waals surface area contributed by atoms with Crippen LogP contribution in [0.2, 0.25) is 0 Å². The Morgan fingerprint density at radius 1 is 1.31 bits per heavy atom. The van der Waals surface area contributed by atoms with Crippen LogP contribution in [0.5, 0.6) is 0 Å². The second kappa shape index (κ2) is 4.48. The lowest BCUT2D eigenvalue weighted by Crippen LogP contribution is -2.54. The second-order valence-electron chi connectivity index (χ2n) is 4.77. The van der Waals surface area contributed by atoms with Crippen molar-refractivity contribution < 1.29 is 13.5 Å². The van der Waals surface area contributed by atoms with Crippen molar-refractivity contribution in [2.24, 2.45) is 0 Å². The van der Waals surface area contributed by atoms with Gasteiger partial charge in [-0.15, -0.1) is 0 Å². The van der Waals surface area contributed by atoms with Crippen LogP contribution in [0.25, 0.3) is 0 Å². The van der Waals surface area contributed by atoms with Crippen molar-refractivity contribution in [3.05, 3.63) is 0 Å². The van der Waals surface area contributed by atoms with Crippen molar-refractivity contribution in [2.45, 2.75) is 37.3 Å². The predicted octanol–water partition coefficient (Wildman–Crippen LogP) is -0.0299. The van der Waals surface area contributed by atoms with Crippen molar-refractivity contribution in [3.63, 3.8) is 0 Å². The summed E-state index contributed by atoms with van der Waals surface area (Å²) < 4.78 is 23.0. The van der Waals surface area contributed by atoms with E-state index in [4.69, 9.17) is 0 Å². The lowest BCUT2D eigenvalue weighted by molar-refractivity contribution is 0.0607. The molecule has 94 valence electrons. The van der Waals surface area contributed by atoms with Gasteiger partial charge >= 0.3 is 0 Å². The molecule has 4 nitrogen and oxygen atoms in total. The highest BCUT2D eigenvalue weighted by atomic mass is 32.2. The molecule has 2 aliphatic rings. The van der Waals surface area contributed by atoms with E-state index >= 15 is 0 Å². The number of aliphatic hydroxyl groups is 1. The minimum Gasteiger partial charge on any atom is -0.390 e. The van der Waals surface area contributed by atoms with Gasteiger partial charge in [0.05, 0.1) is 23.7 Å². The first-order chi connectivity index (χ1) is 7.41. The maximum absolute atomic E-state index is 11.5. The highest BCUT2D eigenvalue weighted by Gasteiger charge is 2.43. The molecule has 2 heterocycles. The molecule has 2 saturated heterocycles. The number of sulfone groups is 1. The number of thioether (sulfide) groups is 1. The van der Waals surface area contributed by atoms with Crippen LogP contribution < -0.4 is 0 Å². The molecule has 0 aromatic carbocycles. The summed E-state index contributed by atoms with van der Waals surface area (Å²) in [6, 6.07) is 0.148. The fourth-order valence-corrected chi connectivity index (χ4v) is 5.49. The van der Waals surface area contributed by atoms with Crippen LogP contribution >= 0.6 is 11.8 Å². The largest absolute Gasteiger partial charge is 0.390 e. The number of nitrogens with zero attached hydrogens (tertiary/aromatic N) is 1. The Bertz CT molecular complexity index is 357. The zero-order valence-corrected chi connectivity index (χ0v) is 11.3. The molecule has 2 fully saturated rings. The average Bonchev–Trinajstić information content (AvgIpc) is 2.44. The molecule has 2 aliphatic heterocycles. The van der Waals surface area contributed by atoms with Gasteiger partial charge in [0.1, 0.15) is 0 Å². The standard InChI is InChI=1S/C10H19NO3S2/c1-7-8(2)15-4-3-11(7)9-5-16(13,14)6-10(9)12/h7-10,12H,3-6H2,1-2H3. The predicted molar refractivity (Wildman–Crippen MR) is 66.5 cm³/mol. The summed E-state index contributed by atoms with van der Waals surface area (Å²) in [5.74, 6) is 1.08. The van der Waals surface area contributed by atoms with Crippen molar-refractivity contribution in [3.8, 4) is 0 Å². The quantitative estimate of drug-likeness (QED) is 0.721. The zero-order valence-electron chi connectivity index (χ0n) is 9.67. The van der Waals surface area contributed by atoms with Crippen LogP contribution in [0.4, 0.5) is 0 Å². The van der Waals surface area contributed by atoms with Gasteiger partial charge < -0.3 is 5.11 Å². The Balaban J connectivity index is 2.13. The van der Waals surface area contributed by atoms with Crippen molar-refractivity contribution in [2.75, 3.05) is 23.8 Å². The third-order valence-electron chi connectivity index (χ3n) is 3.65. The van der Waals surface area contributed by atoms with Gasteiger partial charge in [-0.3, -0.25) is 4.90 Å². The molecule has 0 aliphatic carbocycles. The highest BCUT2D eigenvalue weighted by Crippen LogP contribution is 2.29. The van der Waals surface area contributed by atoms with E-state index in [-0.39, 0.29) is 17.5 Å². The molecule has 4 atom stereocenters. The first-order valence-corrected chi connectivity index (χ1v) is 8.53. The monoisotopic (exact) mass is 265 g/mol. The zero-order chi connectivity index (χ0) is 11.9. The summed E-state index contributed by atoms with van der Waals surface area (Å²) in [5.41, 5.74) is 0. The maximum Gasteiger partial charge on any atom is 0.154 e. The topological polar surface area (TPSA) is 57.6 Å². The molecule has 2 rings (SSSR count). The Hall–Kier alpha value is 0.220. The van der Waals surface area contributed by atoms with E-state index in [1.807, 2.05) is 11.8 Å². The van der Waals surface area contributed by atoms with Gasteiger partial charge in [0, 0.05) is 23.6 Å². The number of hydrogen-bond donors (Lipinski definition) is 1. The van der Waals surface area contributed by atoms with Gasteiger partial charge in [-0.1, -0.05) is 6.92 Å². The number of hydrogen-bond acceptors (Lipinski definition) is 5. The number of rotatable bonds is 1. The summed E-state index contributed by atoms with van der Waals surface area (Å²) in [7, 11) is -3.03. The Morgan fingerprint density at radius 3 is 2.56 bits per heavy atom. The molecular weight excluding hydrogens is 246 g/mol. The Kier molecular flexibility index (Phi) is 3.55. The van der Waals surface area contributed by atoms with E-state index < -0.39 is 15.9 Å². The fourth-order valence-electron chi connectivity index (χ4n) is 2.55. The third-order valence-corrected chi connectivity index (χ3v) is 6.69. The minimum atomic E-state index is -3.03. The number of aliphatic hydroxyl groups excluding tert-OH is 1. The summed E-state index contributed by atoms with van der Waals surface area (Å²) >= 11 is 1.92. The smallest absolute Gasteiger partial charge is 0.154 e. The molecule has 16 heavy (non-hydrogen) atoms. The summed E-state index contributed by atoms with van der Waals surface area (Å²) in [5, 5.41) is 10.4. The lowest BCUT2D eigenvalue weighted by Gasteiger charge is -2.41. The van der Waals surface area contributed by atoms with Gasteiger partial charge in [-0.05, 0) is 6.92 Å². The molecule has 0 bridgehead atoms. The van der Waals surface area contributed by atoms with Crippen LogP contribution in [0.3, 0.4) is 0 Å². The van der Waals surface area contributed by atoms with Crippen LogP contribution in [0, 0.1) is 0 Å². The molecule has 0 radical (unpaired) electrons. The summed E-state index contributed by atoms with van der Waals surface area (Å²) in [6.45, 7) is 5.17. The molecule has 0 spiro atoms. The van der Waals surface area contributed by atoms with Crippen LogP contribution in [0.1, 0.15) is 13.8 Å². The Labute approximate surface area is 101 Å². The second-order valence-corrected chi connectivity index (χ2v) is 8.40. The van der Waals surface area contributed by atoms with Crippen molar-refractivity contribution in [1.29, 1.82) is 0 Å². The summed E-state index contributed by atoms with van der Waals surface area (Å²) in [4.78, 5) is 2.18. The van der Waals surface area contributed by atoms with E-state index in [2.05, 4.69) is 18.7 Å². The van der Waals surface area contributed by atoms with Gasteiger partial charge in [0.25, 0.3) is 0 Å². The minimum absolute atomic E-state index is 0.0671. The first kappa shape index (κ1) is 12.7. The molecule has 1 N–H and O–H groups in total. The fraction of sp³-hybridized carbons (Fsp3) is 1.00. The van der Waals surface area contributed by atoms with Gasteiger partial charge in [-0.25, -0.2) is 8.42 Å². The van der Waals surface area contributed by atoms with E-state index in [1.165, 1.54) is 0 Å². The molecule has 0 saturated carbocycles. The summed E-state index contributed by atoms with van der Waals surface area (Å²) in [6.07, 6.45) is -0.706. The molecule has 0 aromatic heterocycles. The molecule has 6 heteroatoms. The van der Waals surface area contributed by atoms with Crippen molar-refractivity contribution in [1.82, 2.24) is 4.90 Å².